The monoisotopic (exact) mass is 401 g/mol. The number of fused-ring (bicyclic) bond motifs is 4. The first kappa shape index (κ1) is 20.1. The van der Waals surface area contributed by atoms with Crippen LogP contribution in [0.15, 0.2) is 10.9 Å². The second-order valence-electron chi connectivity index (χ2n) is 8.87. The number of hydrogen-bond donors (Lipinski definition) is 0. The molecule has 3 aliphatic heterocycles. The summed E-state index contributed by atoms with van der Waals surface area (Å²) < 4.78 is 6.76. The van der Waals surface area contributed by atoms with Gasteiger partial charge in [0.1, 0.15) is 5.56 Å². The van der Waals surface area contributed by atoms with Crippen molar-refractivity contribution < 1.29 is 14.3 Å². The highest BCUT2D eigenvalue weighted by Gasteiger charge is 2.45. The predicted octanol–water partition coefficient (Wildman–Crippen LogP) is 1.58. The Morgan fingerprint density at radius 1 is 1.21 bits per heavy atom. The van der Waals surface area contributed by atoms with Gasteiger partial charge in [0.15, 0.2) is 0 Å². The van der Waals surface area contributed by atoms with Crippen LogP contribution >= 0.6 is 0 Å². The summed E-state index contributed by atoms with van der Waals surface area (Å²) in [6.07, 6.45) is 3.69. The predicted molar refractivity (Wildman–Crippen MR) is 109 cm³/mol. The van der Waals surface area contributed by atoms with Gasteiger partial charge in [-0.25, -0.2) is 0 Å². The van der Waals surface area contributed by atoms with E-state index in [9.17, 15) is 14.4 Å². The third-order valence-electron chi connectivity index (χ3n) is 6.90. The van der Waals surface area contributed by atoms with Gasteiger partial charge in [0.25, 0.3) is 11.5 Å². The largest absolute Gasteiger partial charge is 0.383 e. The minimum atomic E-state index is -0.227. The molecular formula is C22H31N3O4. The molecular weight excluding hydrogens is 370 g/mol. The zero-order chi connectivity index (χ0) is 20.7. The molecule has 3 aliphatic rings. The maximum absolute atomic E-state index is 13.4. The number of nitrogens with zero attached hydrogens (tertiary/aromatic N) is 3. The fraction of sp³-hybridized carbons (Fsp3) is 0.682. The molecule has 3 saturated heterocycles. The number of methoxy groups -OCH3 is 1. The number of carbonyl (C=O) groups excluding carboxylic acids is 2. The van der Waals surface area contributed by atoms with Gasteiger partial charge in [0.2, 0.25) is 5.91 Å². The molecule has 3 atom stereocenters. The van der Waals surface area contributed by atoms with Crippen molar-refractivity contribution in [2.45, 2.75) is 52.1 Å². The summed E-state index contributed by atoms with van der Waals surface area (Å²) in [5.74, 6) is 0.727. The van der Waals surface area contributed by atoms with Crippen molar-refractivity contribution >= 4 is 11.8 Å². The van der Waals surface area contributed by atoms with Gasteiger partial charge >= 0.3 is 0 Å². The van der Waals surface area contributed by atoms with Gasteiger partial charge in [-0.1, -0.05) is 0 Å². The third-order valence-corrected chi connectivity index (χ3v) is 6.90. The lowest BCUT2D eigenvalue weighted by Crippen LogP contribution is -2.61. The molecule has 0 spiro atoms. The Morgan fingerprint density at radius 2 is 2.00 bits per heavy atom. The molecule has 2 amide bonds. The molecule has 7 heteroatoms. The number of carbonyl (C=O) groups is 2. The first-order valence-corrected chi connectivity index (χ1v) is 10.7. The van der Waals surface area contributed by atoms with Crippen LogP contribution in [0.25, 0.3) is 0 Å². The lowest BCUT2D eigenvalue weighted by atomic mass is 9.76. The van der Waals surface area contributed by atoms with Crippen LogP contribution in [-0.4, -0.2) is 65.6 Å². The summed E-state index contributed by atoms with van der Waals surface area (Å²) >= 11 is 0. The van der Waals surface area contributed by atoms with E-state index in [1.807, 2.05) is 24.8 Å². The van der Waals surface area contributed by atoms with Crippen LogP contribution in [0.1, 0.15) is 47.3 Å². The number of hydrogen-bond acceptors (Lipinski definition) is 4. The standard InChI is InChI=1S/C22H31N3O4/c1-14-9-15(2)24(7-8-29-3)22(28)20(14)21(27)23-11-16-10-17(13-23)18-5-4-6-19(26)25(18)12-16/h9,16-18H,4-8,10-13H2,1-3H3/t16-,17+,18+/m1/s1. The first-order chi connectivity index (χ1) is 13.9. The summed E-state index contributed by atoms with van der Waals surface area (Å²) in [4.78, 5) is 42.8. The van der Waals surface area contributed by atoms with Crippen LogP contribution in [0.5, 0.6) is 0 Å². The number of aromatic nitrogens is 1. The highest BCUT2D eigenvalue weighted by atomic mass is 16.5. The van der Waals surface area contributed by atoms with Crippen molar-refractivity contribution in [1.29, 1.82) is 0 Å². The van der Waals surface area contributed by atoms with Crippen molar-refractivity contribution in [2.75, 3.05) is 33.4 Å². The lowest BCUT2D eigenvalue weighted by Gasteiger charge is -2.52. The Bertz CT molecular complexity index is 878. The fourth-order valence-corrected chi connectivity index (χ4v) is 5.58. The molecule has 0 radical (unpaired) electrons. The fourth-order valence-electron chi connectivity index (χ4n) is 5.58. The minimum absolute atomic E-state index is 0.163. The molecule has 0 aliphatic carbocycles. The van der Waals surface area contributed by atoms with Gasteiger partial charge in [0.05, 0.1) is 6.61 Å². The molecule has 0 saturated carbocycles. The van der Waals surface area contributed by atoms with Gasteiger partial charge in [-0.2, -0.15) is 0 Å². The van der Waals surface area contributed by atoms with Gasteiger partial charge in [-0.15, -0.1) is 0 Å². The Labute approximate surface area is 171 Å². The number of piperidine rings is 3. The van der Waals surface area contributed by atoms with Crippen molar-refractivity contribution in [3.05, 3.63) is 33.2 Å². The highest BCUT2D eigenvalue weighted by molar-refractivity contribution is 5.95. The average molecular weight is 402 g/mol. The molecule has 4 rings (SSSR count). The summed E-state index contributed by atoms with van der Waals surface area (Å²) in [5, 5.41) is 0. The zero-order valence-corrected chi connectivity index (χ0v) is 17.6. The van der Waals surface area contributed by atoms with Crippen molar-refractivity contribution in [1.82, 2.24) is 14.4 Å². The Kier molecular flexibility index (Phi) is 5.51. The van der Waals surface area contributed by atoms with E-state index in [1.165, 1.54) is 0 Å². The molecule has 29 heavy (non-hydrogen) atoms. The van der Waals surface area contributed by atoms with E-state index in [1.54, 1.807) is 11.7 Å². The smallest absolute Gasteiger partial charge is 0.263 e. The zero-order valence-electron chi connectivity index (χ0n) is 17.6. The maximum atomic E-state index is 13.4. The van der Waals surface area contributed by atoms with Crippen LogP contribution < -0.4 is 5.56 Å². The molecule has 2 bridgehead atoms. The molecule has 1 aromatic rings. The molecule has 0 N–H and O–H groups in total. The van der Waals surface area contributed by atoms with Crippen LogP contribution in [0.4, 0.5) is 0 Å². The van der Waals surface area contributed by atoms with Crippen LogP contribution in [0, 0.1) is 25.7 Å². The van der Waals surface area contributed by atoms with Gasteiger partial charge < -0.3 is 19.1 Å². The summed E-state index contributed by atoms with van der Waals surface area (Å²) in [7, 11) is 1.60. The van der Waals surface area contributed by atoms with Crippen molar-refractivity contribution in [3.63, 3.8) is 0 Å². The number of likely N-dealkylation sites (tertiary alicyclic amines) is 1. The molecule has 4 heterocycles. The quantitative estimate of drug-likeness (QED) is 0.768. The van der Waals surface area contributed by atoms with Gasteiger partial charge in [-0.3, -0.25) is 14.4 Å². The molecule has 0 unspecified atom stereocenters. The Morgan fingerprint density at radius 3 is 2.76 bits per heavy atom. The molecule has 3 fully saturated rings. The summed E-state index contributed by atoms with van der Waals surface area (Å²) in [6, 6.07) is 2.16. The molecule has 0 aromatic carbocycles. The van der Waals surface area contributed by atoms with E-state index in [0.717, 1.165) is 37.1 Å². The molecule has 7 nitrogen and oxygen atoms in total. The molecule has 1 aromatic heterocycles. The topological polar surface area (TPSA) is 71.8 Å². The number of aryl methyl sites for hydroxylation is 2. The SMILES string of the molecule is COCCn1c(C)cc(C)c(C(=O)N2C[C@H]3C[C@@H](C2)[C@@H]2CCCC(=O)N2C3)c1=O. The van der Waals surface area contributed by atoms with E-state index in [2.05, 4.69) is 4.90 Å². The second kappa shape index (κ2) is 7.94. The Balaban J connectivity index is 1.60. The Hall–Kier alpha value is -2.15. The van der Waals surface area contributed by atoms with Crippen LogP contribution in [0.2, 0.25) is 0 Å². The van der Waals surface area contributed by atoms with E-state index in [-0.39, 0.29) is 29.0 Å². The summed E-state index contributed by atoms with van der Waals surface area (Å²) in [5.41, 5.74) is 1.63. The number of amides is 2. The van der Waals surface area contributed by atoms with Crippen molar-refractivity contribution in [3.8, 4) is 0 Å². The normalized spacial score (nSPS) is 26.4. The van der Waals surface area contributed by atoms with E-state index in [4.69, 9.17) is 4.74 Å². The highest BCUT2D eigenvalue weighted by Crippen LogP contribution is 2.38. The summed E-state index contributed by atoms with van der Waals surface area (Å²) in [6.45, 7) is 6.59. The number of rotatable bonds is 4. The third kappa shape index (κ3) is 3.61. The average Bonchev–Trinajstić information content (AvgIpc) is 2.68. The minimum Gasteiger partial charge on any atom is -0.383 e. The maximum Gasteiger partial charge on any atom is 0.263 e. The van der Waals surface area contributed by atoms with Crippen LogP contribution in [0.3, 0.4) is 0 Å². The number of pyridine rings is 1. The van der Waals surface area contributed by atoms with Gasteiger partial charge in [0, 0.05) is 51.4 Å². The van der Waals surface area contributed by atoms with Crippen molar-refractivity contribution in [2.24, 2.45) is 11.8 Å². The lowest BCUT2D eigenvalue weighted by molar-refractivity contribution is -0.144. The molecule has 158 valence electrons. The van der Waals surface area contributed by atoms with E-state index >= 15 is 0 Å². The van der Waals surface area contributed by atoms with Crippen LogP contribution in [-0.2, 0) is 16.1 Å². The van der Waals surface area contributed by atoms with Gasteiger partial charge in [-0.05, 0) is 56.6 Å². The number of ether oxygens (including phenoxy) is 1. The van der Waals surface area contributed by atoms with E-state index < -0.39 is 0 Å². The first-order valence-electron chi connectivity index (χ1n) is 10.7. The van der Waals surface area contributed by atoms with E-state index in [0.29, 0.717) is 44.5 Å². The second-order valence-corrected chi connectivity index (χ2v) is 8.87.